The Morgan fingerprint density at radius 3 is 0.722 bits per heavy atom. The van der Waals surface area contributed by atoms with E-state index < -0.39 is 17.6 Å². The fourth-order valence-electron chi connectivity index (χ4n) is 3.29. The molecule has 0 aliphatic rings. The van der Waals surface area contributed by atoms with Crippen LogP contribution < -0.4 is 0 Å². The topological polar surface area (TPSA) is 55.4 Å². The highest BCUT2D eigenvalue weighted by molar-refractivity contribution is 6.62. The van der Waals surface area contributed by atoms with Gasteiger partial charge in [0.2, 0.25) is 0 Å². The second kappa shape index (κ2) is 25.2. The van der Waals surface area contributed by atoms with Crippen molar-refractivity contribution >= 4 is 17.6 Å². The lowest BCUT2D eigenvalue weighted by Crippen LogP contribution is -2.47. The van der Waals surface area contributed by atoms with E-state index in [9.17, 15) is 0 Å². The third-order valence-electron chi connectivity index (χ3n) is 5.82. The van der Waals surface area contributed by atoms with E-state index in [1.54, 1.807) is 0 Å². The van der Waals surface area contributed by atoms with Gasteiger partial charge in [0.1, 0.15) is 0 Å². The van der Waals surface area contributed by atoms with Crippen LogP contribution in [-0.4, -0.2) is 57.3 Å². The van der Waals surface area contributed by atoms with E-state index in [2.05, 4.69) is 53.7 Å². The van der Waals surface area contributed by atoms with Crippen molar-refractivity contribution in [2.24, 2.45) is 0 Å². The monoisotopic (exact) mass is 548 g/mol. The molecule has 0 bridgehead atoms. The summed E-state index contributed by atoms with van der Waals surface area (Å²) in [4.78, 5) is 0. The zero-order valence-electron chi connectivity index (χ0n) is 24.7. The van der Waals surface area contributed by atoms with E-state index in [1.165, 1.54) is 0 Å². The summed E-state index contributed by atoms with van der Waals surface area (Å²) < 4.78 is 38.4. The summed E-state index contributed by atoms with van der Waals surface area (Å²) in [5, 5.41) is 0. The quantitative estimate of drug-likeness (QED) is 0.0556. The molecule has 8 heteroatoms. The molecule has 0 heterocycles. The molecule has 0 aliphatic carbocycles. The van der Waals surface area contributed by atoms with Gasteiger partial charge in [0.25, 0.3) is 0 Å². The molecule has 216 valence electrons. The SMILES string of the molecule is CCCCO[Si](CC=CC[Si](OCCCC)(OCCCC)OCCCC)(OCCCC)OCCCC. The van der Waals surface area contributed by atoms with Gasteiger partial charge in [-0.1, -0.05) is 92.2 Å². The van der Waals surface area contributed by atoms with Gasteiger partial charge in [0, 0.05) is 51.7 Å². The number of hydrogen-bond donors (Lipinski definition) is 0. The van der Waals surface area contributed by atoms with Crippen LogP contribution in [0, 0.1) is 0 Å². The average molecular weight is 549 g/mol. The molecule has 0 unspecified atom stereocenters. The third-order valence-corrected chi connectivity index (χ3v) is 11.2. The maximum absolute atomic E-state index is 6.39. The number of unbranched alkanes of at least 4 members (excludes halogenated alkanes) is 6. The first-order valence-electron chi connectivity index (χ1n) is 15.1. The molecule has 0 saturated heterocycles. The van der Waals surface area contributed by atoms with Crippen molar-refractivity contribution in [3.63, 3.8) is 0 Å². The summed E-state index contributed by atoms with van der Waals surface area (Å²) in [5.41, 5.74) is 0. The van der Waals surface area contributed by atoms with Crippen molar-refractivity contribution in [3.8, 4) is 0 Å². The molecule has 0 saturated carbocycles. The van der Waals surface area contributed by atoms with Crippen molar-refractivity contribution in [1.82, 2.24) is 0 Å². The molecule has 0 rings (SSSR count). The smallest absolute Gasteiger partial charge is 0.373 e. The number of allylic oxidation sites excluding steroid dienone is 2. The third kappa shape index (κ3) is 18.2. The van der Waals surface area contributed by atoms with Crippen LogP contribution in [0.5, 0.6) is 0 Å². The minimum atomic E-state index is -2.79. The van der Waals surface area contributed by atoms with E-state index in [4.69, 9.17) is 26.6 Å². The molecule has 0 aromatic carbocycles. The Labute approximate surface area is 226 Å². The molecule has 36 heavy (non-hydrogen) atoms. The predicted molar refractivity (Wildman–Crippen MR) is 155 cm³/mol. The largest absolute Gasteiger partial charge is 0.504 e. The van der Waals surface area contributed by atoms with E-state index in [-0.39, 0.29) is 0 Å². The Morgan fingerprint density at radius 1 is 0.361 bits per heavy atom. The first kappa shape index (κ1) is 35.9. The maximum atomic E-state index is 6.39. The molecule has 0 N–H and O–H groups in total. The molecular formula is C28H60O6Si2. The van der Waals surface area contributed by atoms with E-state index in [0.717, 1.165) is 77.0 Å². The van der Waals surface area contributed by atoms with Gasteiger partial charge in [-0.15, -0.1) is 0 Å². The van der Waals surface area contributed by atoms with Crippen molar-refractivity contribution in [1.29, 1.82) is 0 Å². The minimum absolute atomic E-state index is 0.674. The normalized spacial score (nSPS) is 12.7. The summed E-state index contributed by atoms with van der Waals surface area (Å²) in [6, 6.07) is 1.35. The van der Waals surface area contributed by atoms with Crippen LogP contribution in [0.2, 0.25) is 12.1 Å². The standard InChI is InChI=1S/C28H60O6Si2/c1-7-13-21-29-35(30-22-14-8-2,31-23-15-9-3)27-19-20-28-36(32-24-16-10-4,33-25-17-11-5)34-26-18-12-6/h19-20H,7-18,21-28H2,1-6H3. The number of hydrogen-bond acceptors (Lipinski definition) is 6. The number of rotatable bonds is 28. The molecule has 0 aromatic rings. The van der Waals surface area contributed by atoms with Gasteiger partial charge in [-0.25, -0.2) is 0 Å². The van der Waals surface area contributed by atoms with Crippen LogP contribution in [0.1, 0.15) is 119 Å². The molecule has 6 nitrogen and oxygen atoms in total. The first-order valence-corrected chi connectivity index (χ1v) is 18.9. The van der Waals surface area contributed by atoms with Crippen LogP contribution >= 0.6 is 0 Å². The summed E-state index contributed by atoms with van der Waals surface area (Å²) in [7, 11) is -5.58. The maximum Gasteiger partial charge on any atom is 0.504 e. The Balaban J connectivity index is 5.53. The van der Waals surface area contributed by atoms with Gasteiger partial charge >= 0.3 is 17.6 Å². The van der Waals surface area contributed by atoms with Crippen molar-refractivity contribution < 1.29 is 26.6 Å². The Morgan fingerprint density at radius 2 is 0.556 bits per heavy atom. The second-order valence-corrected chi connectivity index (χ2v) is 14.7. The lowest BCUT2D eigenvalue weighted by atomic mass is 10.4. The van der Waals surface area contributed by atoms with Gasteiger partial charge in [0.15, 0.2) is 0 Å². The van der Waals surface area contributed by atoms with Gasteiger partial charge < -0.3 is 26.6 Å². The van der Waals surface area contributed by atoms with Gasteiger partial charge in [-0.3, -0.25) is 0 Å². The average Bonchev–Trinajstić information content (AvgIpc) is 2.87. The second-order valence-electron chi connectivity index (χ2n) is 9.46. The zero-order valence-corrected chi connectivity index (χ0v) is 26.7. The molecule has 0 atom stereocenters. The summed E-state index contributed by atoms with van der Waals surface area (Å²) in [6.07, 6.45) is 17.0. The van der Waals surface area contributed by atoms with E-state index in [1.807, 2.05) is 0 Å². The Bertz CT molecular complexity index is 398. The zero-order chi connectivity index (χ0) is 26.8. The molecular weight excluding hydrogens is 488 g/mol. The first-order chi connectivity index (χ1) is 17.6. The van der Waals surface area contributed by atoms with Crippen LogP contribution in [0.15, 0.2) is 12.2 Å². The van der Waals surface area contributed by atoms with Crippen LogP contribution in [0.25, 0.3) is 0 Å². The highest BCUT2D eigenvalue weighted by Gasteiger charge is 2.42. The van der Waals surface area contributed by atoms with E-state index >= 15 is 0 Å². The highest BCUT2D eigenvalue weighted by Crippen LogP contribution is 2.22. The molecule has 0 spiro atoms. The Hall–Kier alpha value is -0.0662. The predicted octanol–water partition coefficient (Wildman–Crippen LogP) is 8.32. The molecule has 0 radical (unpaired) electrons. The highest BCUT2D eigenvalue weighted by atomic mass is 28.4. The fourth-order valence-corrected chi connectivity index (χ4v) is 8.14. The van der Waals surface area contributed by atoms with E-state index in [0.29, 0.717) is 51.7 Å². The van der Waals surface area contributed by atoms with Crippen LogP contribution in [0.3, 0.4) is 0 Å². The molecule has 0 amide bonds. The molecule has 0 fully saturated rings. The van der Waals surface area contributed by atoms with Gasteiger partial charge in [-0.2, -0.15) is 0 Å². The van der Waals surface area contributed by atoms with Crippen molar-refractivity contribution in [3.05, 3.63) is 12.2 Å². The lowest BCUT2D eigenvalue weighted by Gasteiger charge is -2.30. The fraction of sp³-hybridized carbons (Fsp3) is 0.929. The van der Waals surface area contributed by atoms with Crippen LogP contribution in [0.4, 0.5) is 0 Å². The van der Waals surface area contributed by atoms with Gasteiger partial charge in [0.05, 0.1) is 0 Å². The van der Waals surface area contributed by atoms with Crippen molar-refractivity contribution in [2.45, 2.75) is 131 Å². The lowest BCUT2D eigenvalue weighted by molar-refractivity contribution is 0.0574. The summed E-state index contributed by atoms with van der Waals surface area (Å²) in [6.45, 7) is 17.2. The molecule has 0 aliphatic heterocycles. The minimum Gasteiger partial charge on any atom is -0.373 e. The molecule has 0 aromatic heterocycles. The van der Waals surface area contributed by atoms with Crippen LogP contribution in [-0.2, 0) is 26.6 Å². The summed E-state index contributed by atoms with van der Waals surface area (Å²) in [5.74, 6) is 0. The van der Waals surface area contributed by atoms with Gasteiger partial charge in [-0.05, 0) is 38.5 Å². The summed E-state index contributed by atoms with van der Waals surface area (Å²) >= 11 is 0. The van der Waals surface area contributed by atoms with Crippen molar-refractivity contribution in [2.75, 3.05) is 39.6 Å². The Kier molecular flexibility index (Phi) is 25.2.